The molecule has 1 unspecified atom stereocenters. The Bertz CT molecular complexity index is 2530. The predicted octanol–water partition coefficient (Wildman–Crippen LogP) is 4.71. The van der Waals surface area contributed by atoms with Crippen molar-refractivity contribution in [2.75, 3.05) is 80.5 Å². The summed E-state index contributed by atoms with van der Waals surface area (Å²) in [6, 6.07) is -13.7. The second-order valence-corrected chi connectivity index (χ2v) is 29.6. The van der Waals surface area contributed by atoms with Crippen LogP contribution in [0.2, 0.25) is 0 Å². The van der Waals surface area contributed by atoms with E-state index in [4.69, 9.17) is 0 Å². The molecule has 94 heavy (non-hydrogen) atoms. The highest BCUT2D eigenvalue weighted by atomic mass is 32.2. The molecule has 1 heterocycles. The monoisotopic (exact) mass is 1350 g/mol. The number of rotatable bonds is 22. The Balaban J connectivity index is 4.55. The zero-order valence-electron chi connectivity index (χ0n) is 62.3. The smallest absolute Gasteiger partial charge is 0.246 e. The maximum Gasteiger partial charge on any atom is 0.246 e. The lowest BCUT2D eigenvalue weighted by Crippen LogP contribution is -2.64. The SMILES string of the molecule is C/C=C/C[C@@H](C)[C@@H](O)[C@@H]1C(=O)N[C@H](CC)C(=O)N(C)[C@H](CSCCN(CC)CC)C(=O)N(C)[C@@H](CC(C)C)C(=O)N[C@H](C(C)C)C(=O)N(C)C(CC(C)C)C(=O)N[C@H](C)C(=O)N[C@@H](C)C(=O)N(C)[C@H](CC(C)C)C(=O)N(C)[C@H](CC(C)C)C(=O)N(C)[C@H](C(C)C)C(=O)N1C. The van der Waals surface area contributed by atoms with Crippen LogP contribution < -0.4 is 21.3 Å². The number of hydrogen-bond acceptors (Lipinski definition) is 14. The lowest BCUT2D eigenvalue weighted by molar-refractivity contribution is -0.157. The minimum atomic E-state index is -1.63. The number of aliphatic hydroxyl groups is 1. The second-order valence-electron chi connectivity index (χ2n) is 28.4. The van der Waals surface area contributed by atoms with Gasteiger partial charge in [-0.15, -0.1) is 0 Å². The fourth-order valence-corrected chi connectivity index (χ4v) is 13.1. The highest BCUT2D eigenvalue weighted by Gasteiger charge is 2.46. The number of thioether (sulfide) groups is 1. The van der Waals surface area contributed by atoms with E-state index in [-0.39, 0.29) is 61.5 Å². The van der Waals surface area contributed by atoms with E-state index < -0.39 is 155 Å². The van der Waals surface area contributed by atoms with E-state index in [0.29, 0.717) is 18.7 Å². The largest absolute Gasteiger partial charge is 0.390 e. The molecule has 1 fully saturated rings. The van der Waals surface area contributed by atoms with E-state index in [9.17, 15) is 29.1 Å². The minimum absolute atomic E-state index is 0.0108. The number of likely N-dealkylation sites (N-methyl/N-ethyl adjacent to an activating group) is 7. The van der Waals surface area contributed by atoms with Gasteiger partial charge in [0, 0.05) is 67.4 Å². The molecule has 1 saturated heterocycles. The summed E-state index contributed by atoms with van der Waals surface area (Å²) in [6.45, 7) is 36.5. The molecule has 0 spiro atoms. The average molecular weight is 1350 g/mol. The summed E-state index contributed by atoms with van der Waals surface area (Å²) in [5.41, 5.74) is 0. The Kier molecular flexibility index (Phi) is 37.3. The van der Waals surface area contributed by atoms with Crippen LogP contribution >= 0.6 is 11.8 Å². The molecular formula is C69H126N12O12S. The summed E-state index contributed by atoms with van der Waals surface area (Å²) in [5, 5.41) is 23.5. The fourth-order valence-electron chi connectivity index (χ4n) is 11.9. The maximum absolute atomic E-state index is 15.4. The molecule has 0 aromatic heterocycles. The molecular weight excluding hydrogens is 1220 g/mol. The van der Waals surface area contributed by atoms with E-state index in [1.54, 1.807) is 47.6 Å². The zero-order valence-corrected chi connectivity index (χ0v) is 63.1. The molecule has 0 radical (unpaired) electrons. The molecule has 5 N–H and O–H groups in total. The van der Waals surface area contributed by atoms with Gasteiger partial charge in [-0.25, -0.2) is 0 Å². The number of nitrogens with one attached hydrogen (secondary N) is 4. The van der Waals surface area contributed by atoms with Crippen molar-refractivity contribution in [1.29, 1.82) is 0 Å². The van der Waals surface area contributed by atoms with Gasteiger partial charge < -0.3 is 65.6 Å². The van der Waals surface area contributed by atoms with Crippen LogP contribution in [0.15, 0.2) is 12.2 Å². The van der Waals surface area contributed by atoms with Gasteiger partial charge in [0.25, 0.3) is 0 Å². The normalized spacial score (nSPS) is 26.3. The van der Waals surface area contributed by atoms with Gasteiger partial charge in [-0.05, 0) is 114 Å². The summed E-state index contributed by atoms with van der Waals surface area (Å²) in [7, 11) is 10.1. The Morgan fingerprint density at radius 1 is 0.457 bits per heavy atom. The average Bonchev–Trinajstić information content (AvgIpc) is 0.858. The standard InChI is InChI=1S/C69H126N12O12S/c1-27-31-32-46(17)58(82)57-62(86)72-49(28-2)64(88)78(24)54(39-94-34-33-81(29-3)30-4)67(91)74(20)51(36-41(7)8)61(85)73-55(44(13)14)68(92)75(21)50(35-40(5)6)60(84)70-47(18)59(83)71-48(19)63(87)76(22)52(37-42(9)10)65(89)77(23)53(38-43(11)12)66(90)79(25)56(45(15)16)69(93)80(57)26/h27,31,40-58,82H,28-30,32-39H2,1-26H3,(H,70,84)(H,71,83)(H,72,86)(H,73,85)/b31-27+/t46-,47-,48+,49-,50?,51+,52-,53-,54-,55-,56-,57-,58-/m1/s1. The van der Waals surface area contributed by atoms with Gasteiger partial charge in [0.1, 0.15) is 66.5 Å². The predicted molar refractivity (Wildman–Crippen MR) is 372 cm³/mol. The van der Waals surface area contributed by atoms with E-state index >= 15 is 28.8 Å². The van der Waals surface area contributed by atoms with Gasteiger partial charge in [-0.3, -0.25) is 52.7 Å². The van der Waals surface area contributed by atoms with Gasteiger partial charge in [0.05, 0.1) is 6.10 Å². The Hall–Kier alpha value is -5.82. The highest BCUT2D eigenvalue weighted by Crippen LogP contribution is 2.26. The third-order valence-corrected chi connectivity index (χ3v) is 19.1. The highest BCUT2D eigenvalue weighted by molar-refractivity contribution is 7.99. The third-order valence-electron chi connectivity index (χ3n) is 18.1. The molecule has 1 aliphatic heterocycles. The number of amides is 11. The molecule has 11 amide bonds. The van der Waals surface area contributed by atoms with Gasteiger partial charge >= 0.3 is 0 Å². The molecule has 1 rings (SSSR count). The van der Waals surface area contributed by atoms with Crippen LogP contribution in [0.4, 0.5) is 0 Å². The van der Waals surface area contributed by atoms with Gasteiger partial charge in [-0.2, -0.15) is 11.8 Å². The Morgan fingerprint density at radius 2 is 0.862 bits per heavy atom. The van der Waals surface area contributed by atoms with Crippen molar-refractivity contribution in [3.63, 3.8) is 0 Å². The van der Waals surface area contributed by atoms with Crippen LogP contribution in [0.5, 0.6) is 0 Å². The number of carbonyl (C=O) groups excluding carboxylic acids is 11. The van der Waals surface area contributed by atoms with E-state index in [2.05, 4.69) is 26.2 Å². The molecule has 0 aromatic rings. The molecule has 24 nitrogen and oxygen atoms in total. The summed E-state index contributed by atoms with van der Waals surface area (Å²) in [5.74, 6) is -9.04. The first-order chi connectivity index (χ1) is 43.6. The van der Waals surface area contributed by atoms with Crippen molar-refractivity contribution < 1.29 is 57.8 Å². The summed E-state index contributed by atoms with van der Waals surface area (Å²) in [6.07, 6.45) is 3.01. The number of aliphatic hydroxyl groups excluding tert-OH is 1. The van der Waals surface area contributed by atoms with Crippen LogP contribution in [0.3, 0.4) is 0 Å². The van der Waals surface area contributed by atoms with Crippen LogP contribution in [-0.4, -0.2) is 262 Å². The first kappa shape index (κ1) is 86.2. The molecule has 25 heteroatoms. The van der Waals surface area contributed by atoms with Gasteiger partial charge in [0.15, 0.2) is 0 Å². The molecule has 0 aliphatic carbocycles. The van der Waals surface area contributed by atoms with Crippen molar-refractivity contribution in [2.45, 2.75) is 243 Å². The molecule has 0 saturated carbocycles. The summed E-state index contributed by atoms with van der Waals surface area (Å²) < 4.78 is 0. The van der Waals surface area contributed by atoms with E-state index in [1.807, 2.05) is 82.2 Å². The van der Waals surface area contributed by atoms with E-state index in [0.717, 1.165) is 18.0 Å². The first-order valence-electron chi connectivity index (χ1n) is 34.3. The molecule has 540 valence electrons. The lowest BCUT2D eigenvalue weighted by atomic mass is 9.91. The van der Waals surface area contributed by atoms with Crippen molar-refractivity contribution in [3.05, 3.63) is 12.2 Å². The van der Waals surface area contributed by atoms with Crippen molar-refractivity contribution in [1.82, 2.24) is 60.5 Å². The summed E-state index contributed by atoms with van der Waals surface area (Å²) in [4.78, 5) is 175. The van der Waals surface area contributed by atoms with Crippen LogP contribution in [0, 0.1) is 41.4 Å². The number of hydrogen-bond donors (Lipinski definition) is 5. The van der Waals surface area contributed by atoms with Gasteiger partial charge in [-0.1, -0.05) is 123 Å². The van der Waals surface area contributed by atoms with Crippen molar-refractivity contribution in [3.8, 4) is 0 Å². The lowest BCUT2D eigenvalue weighted by Gasteiger charge is -2.41. The number of nitrogens with zero attached hydrogens (tertiary/aromatic N) is 8. The quantitative estimate of drug-likeness (QED) is 0.0726. The molecule has 1 aliphatic rings. The number of allylic oxidation sites excluding steroid dienone is 2. The Morgan fingerprint density at radius 3 is 1.31 bits per heavy atom. The van der Waals surface area contributed by atoms with Crippen molar-refractivity contribution >= 4 is 76.7 Å². The van der Waals surface area contributed by atoms with Crippen LogP contribution in [0.25, 0.3) is 0 Å². The topological polar surface area (TPSA) is 282 Å². The number of carbonyl (C=O) groups is 11. The molecule has 13 atom stereocenters. The third kappa shape index (κ3) is 24.7. The fraction of sp³-hybridized carbons (Fsp3) is 0.812. The van der Waals surface area contributed by atoms with Crippen LogP contribution in [0.1, 0.15) is 170 Å². The second kappa shape index (κ2) is 40.7. The molecule has 0 aromatic carbocycles. The van der Waals surface area contributed by atoms with E-state index in [1.165, 1.54) is 104 Å². The van der Waals surface area contributed by atoms with Crippen molar-refractivity contribution in [2.24, 2.45) is 41.4 Å². The Labute approximate surface area is 569 Å². The van der Waals surface area contributed by atoms with Gasteiger partial charge in [0.2, 0.25) is 65.0 Å². The molecule has 0 bridgehead atoms. The summed E-state index contributed by atoms with van der Waals surface area (Å²) >= 11 is 1.44. The minimum Gasteiger partial charge on any atom is -0.390 e. The zero-order chi connectivity index (χ0) is 72.7. The first-order valence-corrected chi connectivity index (χ1v) is 35.4. The van der Waals surface area contributed by atoms with Crippen LogP contribution in [-0.2, 0) is 52.7 Å². The maximum atomic E-state index is 15.4.